The molecule has 0 aromatic heterocycles. The van der Waals surface area contributed by atoms with Crippen LogP contribution in [0.15, 0.2) is 0 Å². The number of primary amides is 1. The SMILES string of the molecule is NC(=O)[C@H]1CS[C@H](C(F)(F)F)CC(=O)N1. The molecule has 0 saturated carbocycles. The van der Waals surface area contributed by atoms with E-state index in [0.29, 0.717) is 11.8 Å². The van der Waals surface area contributed by atoms with E-state index in [-0.39, 0.29) is 5.75 Å². The summed E-state index contributed by atoms with van der Waals surface area (Å²) < 4.78 is 36.9. The van der Waals surface area contributed by atoms with Gasteiger partial charge in [0.2, 0.25) is 11.8 Å². The van der Waals surface area contributed by atoms with Gasteiger partial charge in [-0.1, -0.05) is 0 Å². The van der Waals surface area contributed by atoms with Gasteiger partial charge in [0, 0.05) is 12.2 Å². The summed E-state index contributed by atoms with van der Waals surface area (Å²) in [6, 6.07) is -1.02. The second-order valence-electron chi connectivity index (χ2n) is 3.09. The number of nitrogens with two attached hydrogens (primary N) is 1. The Morgan fingerprint density at radius 2 is 2.13 bits per heavy atom. The summed E-state index contributed by atoms with van der Waals surface area (Å²) in [6.45, 7) is 0. The second-order valence-corrected chi connectivity index (χ2v) is 4.33. The first-order valence-electron chi connectivity index (χ1n) is 4.07. The molecule has 1 heterocycles. The van der Waals surface area contributed by atoms with Gasteiger partial charge in [0.25, 0.3) is 0 Å². The third kappa shape index (κ3) is 3.29. The molecule has 1 saturated heterocycles. The van der Waals surface area contributed by atoms with Crippen LogP contribution in [0.2, 0.25) is 0 Å². The van der Waals surface area contributed by atoms with Crippen LogP contribution in [0.4, 0.5) is 13.2 Å². The number of thioether (sulfide) groups is 1. The molecule has 2 amide bonds. The Hall–Kier alpha value is -0.920. The van der Waals surface area contributed by atoms with Crippen LogP contribution in [0.25, 0.3) is 0 Å². The molecule has 1 aliphatic heterocycles. The zero-order valence-corrected chi connectivity index (χ0v) is 8.32. The van der Waals surface area contributed by atoms with Crippen molar-refractivity contribution in [2.75, 3.05) is 5.75 Å². The van der Waals surface area contributed by atoms with Gasteiger partial charge in [-0.05, 0) is 0 Å². The number of carbonyl (C=O) groups is 2. The van der Waals surface area contributed by atoms with E-state index in [9.17, 15) is 22.8 Å². The monoisotopic (exact) mass is 242 g/mol. The lowest BCUT2D eigenvalue weighted by Crippen LogP contribution is -2.44. The van der Waals surface area contributed by atoms with Crippen molar-refractivity contribution in [1.29, 1.82) is 0 Å². The maximum Gasteiger partial charge on any atom is 0.401 e. The Kier molecular flexibility index (Phi) is 3.48. The van der Waals surface area contributed by atoms with E-state index in [0.717, 1.165) is 0 Å². The molecular formula is C7H9F3N2O2S. The van der Waals surface area contributed by atoms with Crippen molar-refractivity contribution in [3.05, 3.63) is 0 Å². The molecule has 0 unspecified atom stereocenters. The van der Waals surface area contributed by atoms with E-state index < -0.39 is 35.7 Å². The average Bonchev–Trinajstić information content (AvgIpc) is 2.25. The summed E-state index contributed by atoms with van der Waals surface area (Å²) in [5.74, 6) is -1.77. The van der Waals surface area contributed by atoms with Gasteiger partial charge in [0.15, 0.2) is 0 Å². The van der Waals surface area contributed by atoms with Gasteiger partial charge in [-0.3, -0.25) is 9.59 Å². The van der Waals surface area contributed by atoms with E-state index in [1.807, 2.05) is 0 Å². The van der Waals surface area contributed by atoms with E-state index in [1.54, 1.807) is 0 Å². The van der Waals surface area contributed by atoms with Crippen molar-refractivity contribution in [2.45, 2.75) is 23.9 Å². The molecule has 0 aromatic rings. The van der Waals surface area contributed by atoms with Crippen molar-refractivity contribution < 1.29 is 22.8 Å². The Bertz CT molecular complexity index is 282. The summed E-state index contributed by atoms with van der Waals surface area (Å²) in [4.78, 5) is 21.7. The number of alkyl halides is 3. The standard InChI is InChI=1S/C7H9F3N2O2S/c8-7(9,10)4-1-5(13)12-3(2-15-4)6(11)14/h3-4H,1-2H2,(H2,11,14)(H,12,13)/t3-,4+/m1/s1. The Morgan fingerprint density at radius 3 is 2.60 bits per heavy atom. The summed E-state index contributed by atoms with van der Waals surface area (Å²) in [5, 5.41) is 0.384. The van der Waals surface area contributed by atoms with Crippen molar-refractivity contribution >= 4 is 23.6 Å². The van der Waals surface area contributed by atoms with Crippen LogP contribution in [0.1, 0.15) is 6.42 Å². The van der Waals surface area contributed by atoms with E-state index in [2.05, 4.69) is 5.32 Å². The highest BCUT2D eigenvalue weighted by Gasteiger charge is 2.43. The molecule has 0 aromatic carbocycles. The number of hydrogen-bond donors (Lipinski definition) is 2. The summed E-state index contributed by atoms with van der Waals surface area (Å²) >= 11 is 0.522. The lowest BCUT2D eigenvalue weighted by molar-refractivity contribution is -0.140. The number of carbonyl (C=O) groups excluding carboxylic acids is 2. The molecule has 0 aliphatic carbocycles. The Morgan fingerprint density at radius 1 is 1.53 bits per heavy atom. The smallest absolute Gasteiger partial charge is 0.368 e. The Labute approximate surface area is 87.8 Å². The zero-order chi connectivity index (χ0) is 11.6. The number of amides is 2. The molecule has 3 N–H and O–H groups in total. The van der Waals surface area contributed by atoms with Crippen molar-refractivity contribution in [2.24, 2.45) is 5.73 Å². The van der Waals surface area contributed by atoms with Crippen LogP contribution in [-0.4, -0.2) is 35.0 Å². The van der Waals surface area contributed by atoms with Crippen LogP contribution in [-0.2, 0) is 9.59 Å². The molecule has 8 heteroatoms. The molecule has 1 fully saturated rings. The fourth-order valence-electron chi connectivity index (χ4n) is 1.10. The molecule has 4 nitrogen and oxygen atoms in total. The minimum absolute atomic E-state index is 0.148. The highest BCUT2D eigenvalue weighted by Crippen LogP contribution is 2.34. The number of halogens is 3. The van der Waals surface area contributed by atoms with Crippen LogP contribution >= 0.6 is 11.8 Å². The molecule has 1 rings (SSSR count). The Balaban J connectivity index is 2.71. The highest BCUT2D eigenvalue weighted by atomic mass is 32.2. The topological polar surface area (TPSA) is 72.2 Å². The lowest BCUT2D eigenvalue weighted by atomic mass is 10.2. The van der Waals surface area contributed by atoms with Gasteiger partial charge in [0.1, 0.15) is 11.3 Å². The van der Waals surface area contributed by atoms with Gasteiger partial charge >= 0.3 is 6.18 Å². The normalized spacial score (nSPS) is 28.1. The molecule has 1 aliphatic rings. The van der Waals surface area contributed by atoms with Crippen LogP contribution in [0.5, 0.6) is 0 Å². The first-order chi connectivity index (χ1) is 6.80. The highest BCUT2D eigenvalue weighted by molar-refractivity contribution is 8.00. The fourth-order valence-corrected chi connectivity index (χ4v) is 2.23. The number of hydrogen-bond acceptors (Lipinski definition) is 3. The van der Waals surface area contributed by atoms with Gasteiger partial charge < -0.3 is 11.1 Å². The quantitative estimate of drug-likeness (QED) is 0.681. The minimum atomic E-state index is -4.44. The summed E-state index contributed by atoms with van der Waals surface area (Å²) in [5.41, 5.74) is 4.91. The molecule has 86 valence electrons. The fraction of sp³-hybridized carbons (Fsp3) is 0.714. The minimum Gasteiger partial charge on any atom is -0.368 e. The number of rotatable bonds is 1. The van der Waals surface area contributed by atoms with E-state index >= 15 is 0 Å². The molecular weight excluding hydrogens is 233 g/mol. The third-order valence-electron chi connectivity index (χ3n) is 1.88. The van der Waals surface area contributed by atoms with Crippen LogP contribution in [0, 0.1) is 0 Å². The summed E-state index contributed by atoms with van der Waals surface area (Å²) in [6.07, 6.45) is -5.10. The predicted octanol–water partition coefficient (Wildman–Crippen LogP) is 0.0243. The zero-order valence-electron chi connectivity index (χ0n) is 7.50. The molecule has 0 bridgehead atoms. The number of nitrogens with one attached hydrogen (secondary N) is 1. The van der Waals surface area contributed by atoms with E-state index in [1.165, 1.54) is 0 Å². The van der Waals surface area contributed by atoms with Gasteiger partial charge in [0.05, 0.1) is 0 Å². The largest absolute Gasteiger partial charge is 0.401 e. The molecule has 0 radical (unpaired) electrons. The van der Waals surface area contributed by atoms with Gasteiger partial charge in [-0.2, -0.15) is 13.2 Å². The molecule has 0 spiro atoms. The first-order valence-corrected chi connectivity index (χ1v) is 5.12. The van der Waals surface area contributed by atoms with Crippen molar-refractivity contribution in [3.63, 3.8) is 0 Å². The second kappa shape index (κ2) is 4.30. The van der Waals surface area contributed by atoms with Crippen molar-refractivity contribution in [3.8, 4) is 0 Å². The van der Waals surface area contributed by atoms with Crippen LogP contribution < -0.4 is 11.1 Å². The maximum atomic E-state index is 12.3. The lowest BCUT2D eigenvalue weighted by Gasteiger charge is -2.15. The molecule has 2 atom stereocenters. The molecule has 15 heavy (non-hydrogen) atoms. The van der Waals surface area contributed by atoms with Crippen LogP contribution in [0.3, 0.4) is 0 Å². The van der Waals surface area contributed by atoms with Crippen molar-refractivity contribution in [1.82, 2.24) is 5.32 Å². The van der Waals surface area contributed by atoms with Gasteiger partial charge in [-0.25, -0.2) is 0 Å². The van der Waals surface area contributed by atoms with Gasteiger partial charge in [-0.15, -0.1) is 11.8 Å². The predicted molar refractivity (Wildman–Crippen MR) is 48.0 cm³/mol. The van der Waals surface area contributed by atoms with E-state index in [4.69, 9.17) is 5.73 Å². The first kappa shape index (κ1) is 12.2. The average molecular weight is 242 g/mol. The third-order valence-corrected chi connectivity index (χ3v) is 3.24. The maximum absolute atomic E-state index is 12.3. The summed E-state index contributed by atoms with van der Waals surface area (Å²) in [7, 11) is 0.